The quantitative estimate of drug-likeness (QED) is 0.784. The van der Waals surface area contributed by atoms with E-state index in [4.69, 9.17) is 4.74 Å². The molecule has 0 aliphatic heterocycles. The van der Waals surface area contributed by atoms with Crippen LogP contribution in [0.15, 0.2) is 54.6 Å². The Morgan fingerprint density at radius 2 is 1.62 bits per heavy atom. The zero-order chi connectivity index (χ0) is 17.5. The molecule has 1 unspecified atom stereocenters. The van der Waals surface area contributed by atoms with E-state index >= 15 is 0 Å². The highest BCUT2D eigenvalue weighted by Crippen LogP contribution is 2.21. The minimum atomic E-state index is -0.304. The lowest BCUT2D eigenvalue weighted by Crippen LogP contribution is -2.39. The Bertz CT molecular complexity index is 656. The van der Waals surface area contributed by atoms with E-state index in [-0.39, 0.29) is 11.9 Å². The maximum Gasteiger partial charge on any atom is 0.244 e. The van der Waals surface area contributed by atoms with Gasteiger partial charge in [0.15, 0.2) is 0 Å². The van der Waals surface area contributed by atoms with Gasteiger partial charge in [-0.1, -0.05) is 48.5 Å². The molecule has 1 amide bonds. The fraction of sp³-hybridized carbons (Fsp3) is 0.350. The summed E-state index contributed by atoms with van der Waals surface area (Å²) in [6.07, 6.45) is 0. The van der Waals surface area contributed by atoms with Crippen LogP contribution >= 0.6 is 0 Å². The SMILES string of the molecule is Cc1ccccc1OCCN(C)C(C(=O)N(C)C)c1ccccc1. The third-order valence-electron chi connectivity index (χ3n) is 4.03. The summed E-state index contributed by atoms with van der Waals surface area (Å²) in [4.78, 5) is 16.3. The van der Waals surface area contributed by atoms with Gasteiger partial charge in [0.2, 0.25) is 5.91 Å². The summed E-state index contributed by atoms with van der Waals surface area (Å²) >= 11 is 0. The Morgan fingerprint density at radius 3 is 2.25 bits per heavy atom. The second-order valence-electron chi connectivity index (χ2n) is 6.14. The highest BCUT2D eigenvalue weighted by Gasteiger charge is 2.26. The van der Waals surface area contributed by atoms with Gasteiger partial charge in [0.1, 0.15) is 18.4 Å². The lowest BCUT2D eigenvalue weighted by molar-refractivity contribution is -0.134. The average molecular weight is 326 g/mol. The number of hydrogen-bond acceptors (Lipinski definition) is 3. The van der Waals surface area contributed by atoms with Crippen LogP contribution in [0.1, 0.15) is 17.2 Å². The van der Waals surface area contributed by atoms with E-state index in [1.165, 1.54) is 0 Å². The smallest absolute Gasteiger partial charge is 0.244 e. The van der Waals surface area contributed by atoms with Crippen LogP contribution in [0.2, 0.25) is 0 Å². The van der Waals surface area contributed by atoms with Gasteiger partial charge in [-0.3, -0.25) is 9.69 Å². The monoisotopic (exact) mass is 326 g/mol. The minimum Gasteiger partial charge on any atom is -0.492 e. The van der Waals surface area contributed by atoms with Gasteiger partial charge in [-0.15, -0.1) is 0 Å². The number of para-hydroxylation sites is 1. The molecule has 24 heavy (non-hydrogen) atoms. The first kappa shape index (κ1) is 18.0. The number of aryl methyl sites for hydroxylation is 1. The average Bonchev–Trinajstić information content (AvgIpc) is 2.57. The minimum absolute atomic E-state index is 0.0691. The number of ether oxygens (including phenoxy) is 1. The van der Waals surface area contributed by atoms with Crippen molar-refractivity contribution in [2.24, 2.45) is 0 Å². The molecule has 0 saturated heterocycles. The van der Waals surface area contributed by atoms with Crippen LogP contribution in [0.25, 0.3) is 0 Å². The van der Waals surface area contributed by atoms with Gasteiger partial charge >= 0.3 is 0 Å². The Labute approximate surface area is 144 Å². The Kier molecular flexibility index (Phi) is 6.38. The van der Waals surface area contributed by atoms with E-state index in [1.54, 1.807) is 19.0 Å². The van der Waals surface area contributed by atoms with Crippen molar-refractivity contribution >= 4 is 5.91 Å². The molecule has 0 saturated carbocycles. The second kappa shape index (κ2) is 8.50. The van der Waals surface area contributed by atoms with Crippen molar-refractivity contribution in [3.05, 3.63) is 65.7 Å². The summed E-state index contributed by atoms with van der Waals surface area (Å²) in [6, 6.07) is 17.5. The Balaban J connectivity index is 2.04. The predicted octanol–water partition coefficient (Wildman–Crippen LogP) is 3.14. The summed E-state index contributed by atoms with van der Waals surface area (Å²) in [7, 11) is 5.53. The summed E-state index contributed by atoms with van der Waals surface area (Å²) in [5.41, 5.74) is 2.11. The number of carbonyl (C=O) groups excluding carboxylic acids is 1. The lowest BCUT2D eigenvalue weighted by Gasteiger charge is -2.29. The van der Waals surface area contributed by atoms with E-state index in [0.717, 1.165) is 16.9 Å². The van der Waals surface area contributed by atoms with E-state index in [0.29, 0.717) is 13.2 Å². The van der Waals surface area contributed by atoms with Gasteiger partial charge < -0.3 is 9.64 Å². The zero-order valence-electron chi connectivity index (χ0n) is 14.9. The van der Waals surface area contributed by atoms with E-state index in [2.05, 4.69) is 0 Å². The molecule has 4 nitrogen and oxygen atoms in total. The molecule has 128 valence electrons. The third-order valence-corrected chi connectivity index (χ3v) is 4.03. The highest BCUT2D eigenvalue weighted by molar-refractivity contribution is 5.82. The normalized spacial score (nSPS) is 12.0. The standard InChI is InChI=1S/C20H26N2O2/c1-16-10-8-9-13-18(16)24-15-14-22(4)19(20(23)21(2)3)17-11-6-5-7-12-17/h5-13,19H,14-15H2,1-4H3. The van der Waals surface area contributed by atoms with Crippen LogP contribution in [0.4, 0.5) is 0 Å². The number of nitrogens with zero attached hydrogens (tertiary/aromatic N) is 2. The lowest BCUT2D eigenvalue weighted by atomic mass is 10.0. The molecule has 0 aromatic heterocycles. The van der Waals surface area contributed by atoms with Crippen LogP contribution in [0, 0.1) is 6.92 Å². The molecule has 0 spiro atoms. The molecule has 0 N–H and O–H groups in total. The molecular formula is C20H26N2O2. The molecule has 4 heteroatoms. The molecule has 2 aromatic carbocycles. The summed E-state index contributed by atoms with van der Waals surface area (Å²) in [5, 5.41) is 0. The van der Waals surface area contributed by atoms with Crippen LogP contribution in [0.3, 0.4) is 0 Å². The number of amides is 1. The molecule has 0 fully saturated rings. The second-order valence-corrected chi connectivity index (χ2v) is 6.14. The van der Waals surface area contributed by atoms with Crippen molar-refractivity contribution in [1.82, 2.24) is 9.80 Å². The molecule has 2 rings (SSSR count). The molecule has 0 aliphatic rings. The van der Waals surface area contributed by atoms with Gasteiger partial charge in [0.05, 0.1) is 0 Å². The molecule has 0 radical (unpaired) electrons. The molecule has 2 aromatic rings. The van der Waals surface area contributed by atoms with E-state index in [9.17, 15) is 4.79 Å². The van der Waals surface area contributed by atoms with Gasteiger partial charge in [-0.05, 0) is 31.2 Å². The fourth-order valence-corrected chi connectivity index (χ4v) is 2.61. The summed E-state index contributed by atoms with van der Waals surface area (Å²) in [5.74, 6) is 0.959. The maximum atomic E-state index is 12.6. The topological polar surface area (TPSA) is 32.8 Å². The van der Waals surface area contributed by atoms with Crippen LogP contribution < -0.4 is 4.74 Å². The van der Waals surface area contributed by atoms with Crippen molar-refractivity contribution < 1.29 is 9.53 Å². The highest BCUT2D eigenvalue weighted by atomic mass is 16.5. The van der Waals surface area contributed by atoms with E-state index in [1.807, 2.05) is 73.5 Å². The fourth-order valence-electron chi connectivity index (χ4n) is 2.61. The predicted molar refractivity (Wildman–Crippen MR) is 97.2 cm³/mol. The van der Waals surface area contributed by atoms with Crippen molar-refractivity contribution in [1.29, 1.82) is 0 Å². The number of likely N-dealkylation sites (N-methyl/N-ethyl adjacent to an activating group) is 2. The first-order valence-corrected chi connectivity index (χ1v) is 8.15. The van der Waals surface area contributed by atoms with Gasteiger partial charge in [-0.2, -0.15) is 0 Å². The van der Waals surface area contributed by atoms with Gasteiger partial charge in [0, 0.05) is 20.6 Å². The summed E-state index contributed by atoms with van der Waals surface area (Å²) < 4.78 is 5.87. The van der Waals surface area contributed by atoms with Crippen LogP contribution in [-0.4, -0.2) is 50.0 Å². The van der Waals surface area contributed by atoms with Crippen molar-refractivity contribution in [3.63, 3.8) is 0 Å². The van der Waals surface area contributed by atoms with Crippen LogP contribution in [-0.2, 0) is 4.79 Å². The number of hydrogen-bond donors (Lipinski definition) is 0. The van der Waals surface area contributed by atoms with Crippen molar-refractivity contribution in [2.45, 2.75) is 13.0 Å². The zero-order valence-corrected chi connectivity index (χ0v) is 14.9. The molecular weight excluding hydrogens is 300 g/mol. The summed E-state index contributed by atoms with van der Waals surface area (Å²) in [6.45, 7) is 3.22. The van der Waals surface area contributed by atoms with Gasteiger partial charge in [-0.25, -0.2) is 0 Å². The maximum absolute atomic E-state index is 12.6. The first-order valence-electron chi connectivity index (χ1n) is 8.15. The number of benzene rings is 2. The molecule has 0 bridgehead atoms. The first-order chi connectivity index (χ1) is 11.5. The molecule has 0 heterocycles. The number of carbonyl (C=O) groups is 1. The Morgan fingerprint density at radius 1 is 1.00 bits per heavy atom. The Hall–Kier alpha value is -2.33. The van der Waals surface area contributed by atoms with Crippen molar-refractivity contribution in [3.8, 4) is 5.75 Å². The van der Waals surface area contributed by atoms with Crippen molar-refractivity contribution in [2.75, 3.05) is 34.3 Å². The molecule has 0 aliphatic carbocycles. The largest absolute Gasteiger partial charge is 0.492 e. The third kappa shape index (κ3) is 4.59. The van der Waals surface area contributed by atoms with Gasteiger partial charge in [0.25, 0.3) is 0 Å². The van der Waals surface area contributed by atoms with Crippen LogP contribution in [0.5, 0.6) is 5.75 Å². The number of rotatable bonds is 7. The van der Waals surface area contributed by atoms with E-state index < -0.39 is 0 Å². The molecule has 1 atom stereocenters.